The normalized spacial score (nSPS) is 14.0. The summed E-state index contributed by atoms with van der Waals surface area (Å²) in [6, 6.07) is 7.43. The maximum absolute atomic E-state index is 12.5. The summed E-state index contributed by atoms with van der Waals surface area (Å²) in [4.78, 5) is 35.0. The first kappa shape index (κ1) is 15.9. The van der Waals surface area contributed by atoms with Crippen molar-refractivity contribution in [3.05, 3.63) is 57.9 Å². The van der Waals surface area contributed by atoms with Crippen LogP contribution in [-0.4, -0.2) is 28.4 Å². The average molecular weight is 328 g/mol. The van der Waals surface area contributed by atoms with Crippen molar-refractivity contribution in [2.75, 3.05) is 7.11 Å². The van der Waals surface area contributed by atoms with Gasteiger partial charge in [0.1, 0.15) is 5.69 Å². The third-order valence-electron chi connectivity index (χ3n) is 4.33. The number of rotatable bonds is 5. The van der Waals surface area contributed by atoms with E-state index in [1.807, 2.05) is 0 Å². The van der Waals surface area contributed by atoms with Crippen molar-refractivity contribution in [2.24, 2.45) is 5.92 Å². The van der Waals surface area contributed by atoms with Crippen molar-refractivity contribution in [1.82, 2.24) is 4.57 Å². The standard InChI is InChI=1S/C17H16N2O5/c1-24-17(21)12-7-8-13(15(10-12)19(22)23)18-9-3-6-14(18)16(20)11-4-2-5-11/h3,6-11H,2,4-5H2,1H3. The molecule has 124 valence electrons. The van der Waals surface area contributed by atoms with Gasteiger partial charge >= 0.3 is 5.97 Å². The lowest BCUT2D eigenvalue weighted by Gasteiger charge is -2.24. The molecule has 0 unspecified atom stereocenters. The third kappa shape index (κ3) is 2.68. The lowest BCUT2D eigenvalue weighted by molar-refractivity contribution is -0.384. The second-order valence-electron chi connectivity index (χ2n) is 5.71. The molecule has 0 aliphatic heterocycles. The van der Waals surface area contributed by atoms with E-state index in [1.54, 1.807) is 18.3 Å². The zero-order chi connectivity index (χ0) is 17.3. The van der Waals surface area contributed by atoms with Crippen LogP contribution in [0.4, 0.5) is 5.69 Å². The number of carbonyl (C=O) groups is 2. The van der Waals surface area contributed by atoms with Crippen molar-refractivity contribution in [2.45, 2.75) is 19.3 Å². The zero-order valence-corrected chi connectivity index (χ0v) is 13.1. The number of ketones is 1. The van der Waals surface area contributed by atoms with Crippen LogP contribution >= 0.6 is 0 Å². The number of nitrogens with zero attached hydrogens (tertiary/aromatic N) is 2. The van der Waals surface area contributed by atoms with Crippen molar-refractivity contribution in [1.29, 1.82) is 0 Å². The minimum Gasteiger partial charge on any atom is -0.465 e. The van der Waals surface area contributed by atoms with Gasteiger partial charge < -0.3 is 9.30 Å². The van der Waals surface area contributed by atoms with E-state index in [1.165, 1.54) is 29.9 Å². The van der Waals surface area contributed by atoms with Gasteiger partial charge in [0, 0.05) is 18.2 Å². The summed E-state index contributed by atoms with van der Waals surface area (Å²) in [6.45, 7) is 0. The van der Waals surface area contributed by atoms with Gasteiger partial charge in [-0.25, -0.2) is 4.79 Å². The zero-order valence-electron chi connectivity index (χ0n) is 13.1. The van der Waals surface area contributed by atoms with Gasteiger partial charge in [-0.3, -0.25) is 14.9 Å². The predicted octanol–water partition coefficient (Wildman–Crippen LogP) is 3.15. The van der Waals surface area contributed by atoms with Gasteiger partial charge in [0.25, 0.3) is 5.69 Å². The second kappa shape index (κ2) is 6.27. The highest BCUT2D eigenvalue weighted by atomic mass is 16.6. The Morgan fingerprint density at radius 1 is 1.29 bits per heavy atom. The minimum absolute atomic E-state index is 0.00223. The summed E-state index contributed by atoms with van der Waals surface area (Å²) < 4.78 is 6.11. The number of benzene rings is 1. The van der Waals surface area contributed by atoms with Gasteiger partial charge in [-0.15, -0.1) is 0 Å². The second-order valence-corrected chi connectivity index (χ2v) is 5.71. The van der Waals surface area contributed by atoms with Crippen LogP contribution in [0.25, 0.3) is 5.69 Å². The molecule has 1 heterocycles. The predicted molar refractivity (Wildman–Crippen MR) is 85.4 cm³/mol. The molecule has 0 radical (unpaired) electrons. The van der Waals surface area contributed by atoms with Gasteiger partial charge in [-0.2, -0.15) is 0 Å². The summed E-state index contributed by atoms with van der Waals surface area (Å²) in [5.41, 5.74) is 0.512. The van der Waals surface area contributed by atoms with Crippen LogP contribution in [0.5, 0.6) is 0 Å². The molecule has 24 heavy (non-hydrogen) atoms. The molecular weight excluding hydrogens is 312 g/mol. The molecule has 0 N–H and O–H groups in total. The number of aromatic nitrogens is 1. The highest BCUT2D eigenvalue weighted by Gasteiger charge is 2.29. The molecule has 7 nitrogen and oxygen atoms in total. The first-order chi connectivity index (χ1) is 11.5. The number of nitro benzene ring substituents is 1. The molecule has 0 amide bonds. The minimum atomic E-state index is -0.650. The summed E-state index contributed by atoms with van der Waals surface area (Å²) in [5, 5.41) is 11.4. The largest absolute Gasteiger partial charge is 0.465 e. The Morgan fingerprint density at radius 2 is 2.04 bits per heavy atom. The first-order valence-corrected chi connectivity index (χ1v) is 7.61. The molecule has 0 atom stereocenters. The third-order valence-corrected chi connectivity index (χ3v) is 4.33. The summed E-state index contributed by atoms with van der Waals surface area (Å²) in [5.74, 6) is -0.660. The number of methoxy groups -OCH3 is 1. The van der Waals surface area contributed by atoms with Crippen LogP contribution in [-0.2, 0) is 4.74 Å². The number of Topliss-reactive ketones (excluding diaryl/α,β-unsaturated/α-hetero) is 1. The van der Waals surface area contributed by atoms with Crippen LogP contribution in [0.1, 0.15) is 40.1 Å². The van der Waals surface area contributed by atoms with E-state index in [0.29, 0.717) is 5.69 Å². The van der Waals surface area contributed by atoms with Crippen molar-refractivity contribution >= 4 is 17.4 Å². The van der Waals surface area contributed by atoms with Gasteiger partial charge in [0.2, 0.25) is 0 Å². The quantitative estimate of drug-likeness (QED) is 0.364. The Hall–Kier alpha value is -2.96. The maximum Gasteiger partial charge on any atom is 0.338 e. The molecule has 0 bridgehead atoms. The lowest BCUT2D eigenvalue weighted by Crippen LogP contribution is -2.24. The maximum atomic E-state index is 12.5. The molecule has 7 heteroatoms. The van der Waals surface area contributed by atoms with Gasteiger partial charge in [0.15, 0.2) is 5.78 Å². The molecule has 1 aliphatic carbocycles. The Bertz CT molecular complexity index is 820. The van der Waals surface area contributed by atoms with Crippen molar-refractivity contribution < 1.29 is 19.2 Å². The lowest BCUT2D eigenvalue weighted by atomic mass is 9.81. The summed E-state index contributed by atoms with van der Waals surface area (Å²) >= 11 is 0. The molecule has 0 saturated heterocycles. The fraction of sp³-hybridized carbons (Fsp3) is 0.294. The summed E-state index contributed by atoms with van der Waals surface area (Å²) in [6.07, 6.45) is 4.36. The summed E-state index contributed by atoms with van der Waals surface area (Å²) in [7, 11) is 1.21. The first-order valence-electron chi connectivity index (χ1n) is 7.61. The number of esters is 1. The van der Waals surface area contributed by atoms with E-state index >= 15 is 0 Å². The van der Waals surface area contributed by atoms with E-state index in [4.69, 9.17) is 0 Å². The number of ether oxygens (including phenoxy) is 1. The molecule has 1 saturated carbocycles. The van der Waals surface area contributed by atoms with Crippen LogP contribution in [0, 0.1) is 16.0 Å². The Labute approximate surface area is 138 Å². The SMILES string of the molecule is COC(=O)c1ccc(-n2cccc2C(=O)C2CCC2)c([N+](=O)[O-])c1. The molecule has 1 fully saturated rings. The Morgan fingerprint density at radius 3 is 2.62 bits per heavy atom. The Balaban J connectivity index is 2.06. The highest BCUT2D eigenvalue weighted by Crippen LogP contribution is 2.32. The fourth-order valence-corrected chi connectivity index (χ4v) is 2.79. The van der Waals surface area contributed by atoms with Crippen LogP contribution < -0.4 is 0 Å². The highest BCUT2D eigenvalue weighted by molar-refractivity contribution is 5.98. The van der Waals surface area contributed by atoms with Gasteiger partial charge in [0.05, 0.1) is 23.3 Å². The van der Waals surface area contributed by atoms with E-state index in [-0.39, 0.29) is 28.6 Å². The molecule has 3 rings (SSSR count). The molecule has 1 aliphatic rings. The van der Waals surface area contributed by atoms with Gasteiger partial charge in [-0.05, 0) is 37.1 Å². The van der Waals surface area contributed by atoms with Crippen LogP contribution in [0.2, 0.25) is 0 Å². The monoisotopic (exact) mass is 328 g/mol. The van der Waals surface area contributed by atoms with Crippen LogP contribution in [0.15, 0.2) is 36.5 Å². The van der Waals surface area contributed by atoms with E-state index in [2.05, 4.69) is 4.74 Å². The number of carbonyl (C=O) groups excluding carboxylic acids is 2. The van der Waals surface area contributed by atoms with E-state index < -0.39 is 10.9 Å². The smallest absolute Gasteiger partial charge is 0.338 e. The number of hydrogen-bond acceptors (Lipinski definition) is 5. The number of hydrogen-bond donors (Lipinski definition) is 0. The number of nitro groups is 1. The molecule has 2 aromatic rings. The average Bonchev–Trinajstić information content (AvgIpc) is 3.01. The van der Waals surface area contributed by atoms with E-state index in [0.717, 1.165) is 19.3 Å². The van der Waals surface area contributed by atoms with E-state index in [9.17, 15) is 19.7 Å². The van der Waals surface area contributed by atoms with Crippen molar-refractivity contribution in [3.63, 3.8) is 0 Å². The fourth-order valence-electron chi connectivity index (χ4n) is 2.79. The van der Waals surface area contributed by atoms with Gasteiger partial charge in [-0.1, -0.05) is 6.42 Å². The molecular formula is C17H16N2O5. The topological polar surface area (TPSA) is 91.4 Å². The molecule has 1 aromatic carbocycles. The van der Waals surface area contributed by atoms with Crippen LogP contribution in [0.3, 0.4) is 0 Å². The Kier molecular flexibility index (Phi) is 4.16. The molecule has 0 spiro atoms. The molecule has 1 aromatic heterocycles. The van der Waals surface area contributed by atoms with Crippen molar-refractivity contribution in [3.8, 4) is 5.69 Å².